The van der Waals surface area contributed by atoms with Gasteiger partial charge < -0.3 is 25.1 Å². The second kappa shape index (κ2) is 9.60. The Balaban J connectivity index is 1.43. The molecule has 2 aromatic carbocycles. The van der Waals surface area contributed by atoms with Crippen LogP contribution >= 0.6 is 0 Å². The zero-order chi connectivity index (χ0) is 26.2. The molecule has 4 N–H and O–H groups in total. The van der Waals surface area contributed by atoms with Gasteiger partial charge in [0.1, 0.15) is 30.1 Å². The maximum Gasteiger partial charge on any atom is 0.503 e. The Morgan fingerprint density at radius 3 is 2.66 bits per heavy atom. The van der Waals surface area contributed by atoms with Gasteiger partial charge in [0.25, 0.3) is 0 Å². The van der Waals surface area contributed by atoms with Crippen LogP contribution in [0.5, 0.6) is 11.5 Å². The van der Waals surface area contributed by atoms with Crippen LogP contribution in [0.15, 0.2) is 83.6 Å². The van der Waals surface area contributed by atoms with Gasteiger partial charge in [-0.15, -0.1) is 9.90 Å². The molecule has 189 valence electrons. The van der Waals surface area contributed by atoms with Gasteiger partial charge in [-0.1, -0.05) is 12.1 Å². The molecule has 11 heteroatoms. The molecule has 4 aromatic rings. The van der Waals surface area contributed by atoms with Crippen LogP contribution in [-0.4, -0.2) is 52.3 Å². The number of H-pyrrole nitrogens is 1. The Morgan fingerprint density at radius 1 is 1.08 bits per heavy atom. The van der Waals surface area contributed by atoms with Crippen LogP contribution in [0.1, 0.15) is 22.5 Å². The summed E-state index contributed by atoms with van der Waals surface area (Å²) in [6.07, 6.45) is 5.85. The van der Waals surface area contributed by atoms with Gasteiger partial charge in [-0.2, -0.15) is 0 Å². The third-order valence-corrected chi connectivity index (χ3v) is 6.62. The molecule has 0 fully saturated rings. The predicted molar refractivity (Wildman–Crippen MR) is 144 cm³/mol. The largest absolute Gasteiger partial charge is 0.503 e. The number of nitrogens with one attached hydrogen (secondary N) is 1. The van der Waals surface area contributed by atoms with E-state index in [4.69, 9.17) is 20.2 Å². The van der Waals surface area contributed by atoms with E-state index in [2.05, 4.69) is 31.7 Å². The minimum atomic E-state index is -0.151. The van der Waals surface area contributed by atoms with E-state index in [9.17, 15) is 5.11 Å². The second-order valence-corrected chi connectivity index (χ2v) is 8.86. The number of aromatic nitrogens is 4. The molecule has 1 radical (unpaired) electrons. The topological polar surface area (TPSA) is 118 Å². The first-order valence-electron chi connectivity index (χ1n) is 12.1. The number of anilines is 1. The third kappa shape index (κ3) is 4.02. The summed E-state index contributed by atoms with van der Waals surface area (Å²) in [5.74, 6) is 3.12. The van der Waals surface area contributed by atoms with E-state index >= 15 is 0 Å². The number of benzene rings is 2. The normalized spacial score (nSPS) is 15.0. The first-order chi connectivity index (χ1) is 18.6. The van der Waals surface area contributed by atoms with Crippen molar-refractivity contribution in [3.63, 3.8) is 0 Å². The summed E-state index contributed by atoms with van der Waals surface area (Å²) in [7, 11) is 5.30. The molecule has 0 bridgehead atoms. The number of methoxy groups -OCH3 is 2. The van der Waals surface area contributed by atoms with Gasteiger partial charge in [0.2, 0.25) is 5.82 Å². The molecule has 0 spiro atoms. The Labute approximate surface area is 220 Å². The summed E-state index contributed by atoms with van der Waals surface area (Å²) >= 11 is 0. The van der Waals surface area contributed by atoms with E-state index in [1.165, 1.54) is 0 Å². The number of hydrogen-bond donors (Lipinski definition) is 3. The van der Waals surface area contributed by atoms with Crippen LogP contribution in [0, 0.1) is 0 Å². The highest BCUT2D eigenvalue weighted by atomic mass is 16.5. The summed E-state index contributed by atoms with van der Waals surface area (Å²) in [6.45, 7) is 0.261. The highest BCUT2D eigenvalue weighted by molar-refractivity contribution is 6.41. The number of amidine groups is 1. The van der Waals surface area contributed by atoms with Gasteiger partial charge in [0.05, 0.1) is 26.5 Å². The summed E-state index contributed by atoms with van der Waals surface area (Å²) in [5, 5.41) is 16.6. The standard InChI is InChI=1S/C27H25BN7O3/c1-37-21-7-10-24(38-2)18(13-21)14-30-25-11-8-22-27(17-3-5-19(29)6-4-17)23-9-12-26(35(23)28-34(22)25)33-15-20(16-36)31-32-33/h3-13,15,36H,14,16H2,1-2H3,(H2,29,30)/p+1. The fraction of sp³-hybridized carbons (Fsp3) is 0.148. The molecule has 0 saturated carbocycles. The Morgan fingerprint density at radius 2 is 1.92 bits per heavy atom. The van der Waals surface area contributed by atoms with Gasteiger partial charge in [-0.05, 0) is 59.2 Å². The number of nitrogens with two attached hydrogens (primary N) is 1. The van der Waals surface area contributed by atoms with E-state index in [0.29, 0.717) is 17.9 Å². The van der Waals surface area contributed by atoms with Crippen LogP contribution in [0.2, 0.25) is 0 Å². The van der Waals surface area contributed by atoms with Crippen LogP contribution in [0.25, 0.3) is 11.4 Å². The lowest BCUT2D eigenvalue weighted by molar-refractivity contribution is -0.663. The Bertz CT molecular complexity index is 1600. The van der Waals surface area contributed by atoms with Crippen molar-refractivity contribution in [1.29, 1.82) is 0 Å². The molecule has 0 atom stereocenters. The maximum absolute atomic E-state index is 9.50. The molecule has 6 rings (SSSR count). The van der Waals surface area contributed by atoms with Crippen molar-refractivity contribution < 1.29 is 19.3 Å². The van der Waals surface area contributed by atoms with E-state index in [1.807, 2.05) is 62.2 Å². The molecule has 0 aliphatic carbocycles. The number of aliphatic hydroxyl groups is 1. The van der Waals surface area contributed by atoms with Crippen LogP contribution in [0.4, 0.5) is 5.69 Å². The van der Waals surface area contributed by atoms with Crippen molar-refractivity contribution in [3.05, 3.63) is 101 Å². The quantitative estimate of drug-likeness (QED) is 0.201. The number of aliphatic hydroxyl groups excluding tert-OH is 1. The van der Waals surface area contributed by atoms with E-state index in [-0.39, 0.29) is 6.61 Å². The number of nitrogens with zero attached hydrogens (tertiary/aromatic N) is 5. The fourth-order valence-corrected chi connectivity index (χ4v) is 4.73. The molecular weight excluding hydrogens is 481 g/mol. The molecule has 10 nitrogen and oxygen atoms in total. The van der Waals surface area contributed by atoms with E-state index < -0.39 is 0 Å². The second-order valence-electron chi connectivity index (χ2n) is 8.86. The van der Waals surface area contributed by atoms with Gasteiger partial charge in [-0.25, -0.2) is 0 Å². The van der Waals surface area contributed by atoms with Crippen LogP contribution < -0.4 is 19.9 Å². The van der Waals surface area contributed by atoms with Gasteiger partial charge in [0.15, 0.2) is 5.69 Å². The van der Waals surface area contributed by atoms with E-state index in [0.717, 1.165) is 51.2 Å². The molecule has 2 aromatic heterocycles. The van der Waals surface area contributed by atoms with E-state index in [1.54, 1.807) is 25.1 Å². The average Bonchev–Trinajstić information content (AvgIpc) is 3.69. The molecule has 0 amide bonds. The van der Waals surface area contributed by atoms with Crippen molar-refractivity contribution in [2.75, 3.05) is 20.0 Å². The highest BCUT2D eigenvalue weighted by Gasteiger charge is 2.36. The number of allylic oxidation sites excluding steroid dienone is 1. The van der Waals surface area contributed by atoms with Crippen molar-refractivity contribution in [3.8, 4) is 17.3 Å². The molecule has 4 heterocycles. The first kappa shape index (κ1) is 23.6. The summed E-state index contributed by atoms with van der Waals surface area (Å²) in [6, 6.07) is 17.6. The number of rotatable bonds is 7. The Kier molecular flexibility index (Phi) is 5.97. The lowest BCUT2D eigenvalue weighted by Crippen LogP contribution is -2.43. The number of ether oxygens (including phenoxy) is 2. The summed E-state index contributed by atoms with van der Waals surface area (Å²) in [4.78, 5) is 7.01. The van der Waals surface area contributed by atoms with Crippen molar-refractivity contribution in [2.45, 2.75) is 13.2 Å². The molecule has 38 heavy (non-hydrogen) atoms. The number of aliphatic imine (C=N–C) groups is 1. The lowest BCUT2D eigenvalue weighted by atomic mass is 9.92. The summed E-state index contributed by atoms with van der Waals surface area (Å²) < 4.78 is 14.8. The van der Waals surface area contributed by atoms with Crippen LogP contribution in [0.3, 0.4) is 0 Å². The number of fused-ring (bicyclic) bond motifs is 2. The maximum atomic E-state index is 9.50. The number of nitrogen functional groups attached to an aromatic ring is 1. The number of aromatic amines is 1. The molecular formula is C27H26BN7O3+. The monoisotopic (exact) mass is 507 g/mol. The van der Waals surface area contributed by atoms with Crippen LogP contribution in [-0.2, 0) is 13.2 Å². The molecule has 0 saturated heterocycles. The van der Waals surface area contributed by atoms with Gasteiger partial charge in [0, 0.05) is 28.6 Å². The highest BCUT2D eigenvalue weighted by Crippen LogP contribution is 2.37. The third-order valence-electron chi connectivity index (χ3n) is 6.62. The smallest absolute Gasteiger partial charge is 0.497 e. The average molecular weight is 507 g/mol. The zero-order valence-electron chi connectivity index (χ0n) is 21.0. The van der Waals surface area contributed by atoms with Crippen molar-refractivity contribution in [2.24, 2.45) is 4.99 Å². The van der Waals surface area contributed by atoms with Gasteiger partial charge in [-0.3, -0.25) is 9.47 Å². The SMILES string of the molecule is COc1ccc(OC)c(CN=C2C=CC3=C(c4ccc(N)cc4)c4ccc(-[n+]5cc(CO)n[nH]5)n4[B]N23)c1. The lowest BCUT2D eigenvalue weighted by Gasteiger charge is -2.28. The molecule has 0 unspecified atom stereocenters. The summed E-state index contributed by atoms with van der Waals surface area (Å²) in [5.41, 5.74) is 12.2. The van der Waals surface area contributed by atoms with Crippen molar-refractivity contribution in [1.82, 2.24) is 19.6 Å². The fourth-order valence-electron chi connectivity index (χ4n) is 4.73. The zero-order valence-corrected chi connectivity index (χ0v) is 21.0. The van der Waals surface area contributed by atoms with Gasteiger partial charge >= 0.3 is 7.55 Å². The minimum absolute atomic E-state index is 0.151. The first-order valence-corrected chi connectivity index (χ1v) is 12.1. The molecule has 2 aliphatic rings. The minimum Gasteiger partial charge on any atom is -0.497 e. The van der Waals surface area contributed by atoms with Crippen molar-refractivity contribution >= 4 is 24.6 Å². The predicted octanol–water partition coefficient (Wildman–Crippen LogP) is 2.21. The Hall–Kier alpha value is -4.77. The molecule has 2 aliphatic heterocycles. The number of hydrogen-bond acceptors (Lipinski definition) is 6.